The third-order valence-electron chi connectivity index (χ3n) is 2.35. The number of fused-ring (bicyclic) bond motifs is 1. The Morgan fingerprint density at radius 3 is 2.73 bits per heavy atom. The van der Waals surface area contributed by atoms with E-state index in [1.807, 2.05) is 0 Å². The molecule has 0 radical (unpaired) electrons. The maximum absolute atomic E-state index is 5.73. The van der Waals surface area contributed by atoms with Crippen LogP contribution in [-0.4, -0.2) is 44.7 Å². The van der Waals surface area contributed by atoms with Gasteiger partial charge in [0.05, 0.1) is 19.3 Å². The molecule has 4 atom stereocenters. The smallest absolute Gasteiger partial charge is 0.114 e. The van der Waals surface area contributed by atoms with E-state index in [9.17, 15) is 0 Å². The van der Waals surface area contributed by atoms with Gasteiger partial charge < -0.3 is 19.9 Å². The van der Waals surface area contributed by atoms with Crippen LogP contribution in [0.5, 0.6) is 0 Å². The van der Waals surface area contributed by atoms with Gasteiger partial charge >= 0.3 is 0 Å². The zero-order valence-corrected chi connectivity index (χ0v) is 6.53. The van der Waals surface area contributed by atoms with Crippen LogP contribution in [0.2, 0.25) is 0 Å². The molecule has 4 nitrogen and oxygen atoms in total. The summed E-state index contributed by atoms with van der Waals surface area (Å²) in [6.45, 7) is 1.20. The zero-order chi connectivity index (χ0) is 7.84. The van der Waals surface area contributed by atoms with Gasteiger partial charge in [-0.2, -0.15) is 0 Å². The van der Waals surface area contributed by atoms with Crippen LogP contribution in [0.15, 0.2) is 0 Å². The van der Waals surface area contributed by atoms with Crippen molar-refractivity contribution < 1.29 is 14.2 Å². The Morgan fingerprint density at radius 1 is 1.27 bits per heavy atom. The molecule has 0 aromatic rings. The normalized spacial score (nSPS) is 49.6. The summed E-state index contributed by atoms with van der Waals surface area (Å²) in [7, 11) is 1.67. The highest BCUT2D eigenvalue weighted by Gasteiger charge is 2.46. The third-order valence-corrected chi connectivity index (χ3v) is 2.35. The third kappa shape index (κ3) is 1.06. The second-order valence-electron chi connectivity index (χ2n) is 3.03. The van der Waals surface area contributed by atoms with E-state index in [1.165, 1.54) is 0 Å². The van der Waals surface area contributed by atoms with Gasteiger partial charge in [-0.3, -0.25) is 0 Å². The number of rotatable bonds is 1. The molecule has 2 fully saturated rings. The van der Waals surface area contributed by atoms with Crippen LogP contribution in [0.4, 0.5) is 0 Å². The predicted octanol–water partition coefficient (Wildman–Crippen LogP) is -0.874. The first kappa shape index (κ1) is 7.49. The lowest BCUT2D eigenvalue weighted by atomic mass is 10.1. The molecule has 0 amide bonds. The van der Waals surface area contributed by atoms with E-state index in [1.54, 1.807) is 7.11 Å². The molecule has 64 valence electrons. The van der Waals surface area contributed by atoms with Gasteiger partial charge in [0, 0.05) is 7.11 Å². The fourth-order valence-electron chi connectivity index (χ4n) is 1.70. The van der Waals surface area contributed by atoms with Gasteiger partial charge in [0.2, 0.25) is 0 Å². The highest BCUT2D eigenvalue weighted by molar-refractivity contribution is 4.96. The molecule has 0 saturated carbocycles. The summed E-state index contributed by atoms with van der Waals surface area (Å²) in [5.74, 6) is 0. The topological polar surface area (TPSA) is 53.7 Å². The Labute approximate surface area is 65.6 Å². The first-order valence-electron chi connectivity index (χ1n) is 3.84. The molecule has 0 aliphatic carbocycles. The van der Waals surface area contributed by atoms with Crippen molar-refractivity contribution in [1.82, 2.24) is 0 Å². The van der Waals surface area contributed by atoms with Crippen molar-refractivity contribution in [3.63, 3.8) is 0 Å². The van der Waals surface area contributed by atoms with E-state index in [4.69, 9.17) is 19.9 Å². The lowest BCUT2D eigenvalue weighted by molar-refractivity contribution is -0.00777. The van der Waals surface area contributed by atoms with E-state index in [0.717, 1.165) is 0 Å². The first-order chi connectivity index (χ1) is 5.33. The van der Waals surface area contributed by atoms with Gasteiger partial charge in [-0.05, 0) is 0 Å². The van der Waals surface area contributed by atoms with Crippen LogP contribution in [-0.2, 0) is 14.2 Å². The van der Waals surface area contributed by atoms with Crippen LogP contribution in [0.25, 0.3) is 0 Å². The second kappa shape index (κ2) is 2.71. The Bertz CT molecular complexity index is 153. The number of nitrogens with two attached hydrogens (primary N) is 1. The van der Waals surface area contributed by atoms with Crippen molar-refractivity contribution >= 4 is 0 Å². The largest absolute Gasteiger partial charge is 0.376 e. The van der Waals surface area contributed by atoms with Crippen LogP contribution in [0, 0.1) is 0 Å². The molecule has 11 heavy (non-hydrogen) atoms. The molecule has 0 aromatic carbocycles. The molecule has 4 heteroatoms. The fourth-order valence-corrected chi connectivity index (χ4v) is 1.70. The Hall–Kier alpha value is -0.160. The average molecular weight is 159 g/mol. The summed E-state index contributed by atoms with van der Waals surface area (Å²) < 4.78 is 16.0. The Balaban J connectivity index is 2.04. The maximum Gasteiger partial charge on any atom is 0.114 e. The lowest BCUT2D eigenvalue weighted by Gasteiger charge is -2.13. The lowest BCUT2D eigenvalue weighted by Crippen LogP contribution is -2.36. The average Bonchev–Trinajstić information content (AvgIpc) is 2.53. The van der Waals surface area contributed by atoms with Crippen LogP contribution in [0.3, 0.4) is 0 Å². The van der Waals surface area contributed by atoms with Gasteiger partial charge in [-0.25, -0.2) is 0 Å². The summed E-state index contributed by atoms with van der Waals surface area (Å²) in [5, 5.41) is 0. The molecular weight excluding hydrogens is 146 g/mol. The number of hydrogen-bond acceptors (Lipinski definition) is 4. The highest BCUT2D eigenvalue weighted by Crippen LogP contribution is 2.27. The minimum absolute atomic E-state index is 0.0279. The predicted molar refractivity (Wildman–Crippen MR) is 38.3 cm³/mol. The van der Waals surface area contributed by atoms with E-state index >= 15 is 0 Å². The number of methoxy groups -OCH3 is 1. The van der Waals surface area contributed by atoms with Gasteiger partial charge in [0.25, 0.3) is 0 Å². The minimum Gasteiger partial charge on any atom is -0.376 e. The molecular formula is C7H13NO3. The molecule has 0 spiro atoms. The molecule has 2 aliphatic rings. The maximum atomic E-state index is 5.73. The van der Waals surface area contributed by atoms with E-state index < -0.39 is 0 Å². The molecule has 0 aromatic heterocycles. The zero-order valence-electron chi connectivity index (χ0n) is 6.53. The van der Waals surface area contributed by atoms with Crippen molar-refractivity contribution in [3.8, 4) is 0 Å². The summed E-state index contributed by atoms with van der Waals surface area (Å²) >= 11 is 0. The molecule has 0 unspecified atom stereocenters. The van der Waals surface area contributed by atoms with Crippen molar-refractivity contribution in [2.75, 3.05) is 20.3 Å². The number of hydrogen-bond donors (Lipinski definition) is 1. The fraction of sp³-hybridized carbons (Fsp3) is 1.00. The molecule has 2 saturated heterocycles. The molecule has 0 bridgehead atoms. The van der Waals surface area contributed by atoms with Gasteiger partial charge in [0.1, 0.15) is 18.3 Å². The van der Waals surface area contributed by atoms with E-state index in [-0.39, 0.29) is 24.4 Å². The Kier molecular flexibility index (Phi) is 1.85. The van der Waals surface area contributed by atoms with Crippen LogP contribution >= 0.6 is 0 Å². The summed E-state index contributed by atoms with van der Waals surface area (Å²) in [4.78, 5) is 0. The summed E-state index contributed by atoms with van der Waals surface area (Å²) in [5.41, 5.74) is 5.73. The molecule has 2 heterocycles. The van der Waals surface area contributed by atoms with E-state index in [2.05, 4.69) is 0 Å². The SMILES string of the molecule is CO[C@@H]1CO[C@H]2[C@@H]1OC[C@H]2N. The van der Waals surface area contributed by atoms with Crippen LogP contribution in [0.1, 0.15) is 0 Å². The van der Waals surface area contributed by atoms with Crippen LogP contribution < -0.4 is 5.73 Å². The van der Waals surface area contributed by atoms with E-state index in [0.29, 0.717) is 13.2 Å². The Morgan fingerprint density at radius 2 is 2.00 bits per heavy atom. The monoisotopic (exact) mass is 159 g/mol. The highest BCUT2D eigenvalue weighted by atomic mass is 16.6. The second-order valence-corrected chi connectivity index (χ2v) is 3.03. The number of ether oxygens (including phenoxy) is 3. The molecule has 2 aliphatic heterocycles. The van der Waals surface area contributed by atoms with Crippen molar-refractivity contribution in [2.24, 2.45) is 5.73 Å². The minimum atomic E-state index is 0.0279. The summed E-state index contributed by atoms with van der Waals surface area (Å²) in [6.07, 6.45) is 0.198. The van der Waals surface area contributed by atoms with Gasteiger partial charge in [-0.15, -0.1) is 0 Å². The van der Waals surface area contributed by atoms with Crippen molar-refractivity contribution in [2.45, 2.75) is 24.4 Å². The quantitative estimate of drug-likeness (QED) is 0.540. The van der Waals surface area contributed by atoms with Crippen molar-refractivity contribution in [3.05, 3.63) is 0 Å². The molecule has 2 rings (SSSR count). The summed E-state index contributed by atoms with van der Waals surface area (Å²) in [6, 6.07) is 0.0279. The van der Waals surface area contributed by atoms with Gasteiger partial charge in [0.15, 0.2) is 0 Å². The van der Waals surface area contributed by atoms with Gasteiger partial charge in [-0.1, -0.05) is 0 Å². The first-order valence-corrected chi connectivity index (χ1v) is 3.84. The van der Waals surface area contributed by atoms with Crippen molar-refractivity contribution in [1.29, 1.82) is 0 Å². The molecule has 2 N–H and O–H groups in total. The standard InChI is InChI=1S/C7H13NO3/c1-9-5-3-11-6-4(8)2-10-7(5)6/h4-7H,2-3,8H2,1H3/t4-,5-,6-,7-/m1/s1.